The Morgan fingerprint density at radius 3 is 2.27 bits per heavy atom. The smallest absolute Gasteiger partial charge is 0.328 e. The molecule has 2 heterocycles. The highest BCUT2D eigenvalue weighted by molar-refractivity contribution is 8.01. The van der Waals surface area contributed by atoms with E-state index in [2.05, 4.69) is 16.0 Å². The summed E-state index contributed by atoms with van der Waals surface area (Å²) in [5, 5.41) is 25.9. The molecule has 2 aliphatic rings. The number of urea groups is 1. The molecule has 0 aliphatic carbocycles. The van der Waals surface area contributed by atoms with Gasteiger partial charge in [0.1, 0.15) is 12.1 Å². The first-order valence-electron chi connectivity index (χ1n) is 11.5. The van der Waals surface area contributed by atoms with Crippen LogP contribution >= 0.6 is 11.8 Å². The molecule has 2 aliphatic heterocycles. The van der Waals surface area contributed by atoms with Gasteiger partial charge in [-0.05, 0) is 26.3 Å². The van der Waals surface area contributed by atoms with Gasteiger partial charge in [0.05, 0.1) is 5.37 Å². The Morgan fingerprint density at radius 2 is 1.73 bits per heavy atom. The molecule has 0 aromatic heterocycles. The lowest BCUT2D eigenvalue weighted by atomic mass is 10.0. The molecule has 4 atom stereocenters. The first-order valence-corrected chi connectivity index (χ1v) is 12.4. The SMILES string of the molecule is CCN1CCN(C(=O)N[C@@H](C(=O)N[C@H](C(=O)O)[C@@H]2N[C@@H](C(=O)O)C(C)(C)S2)c2ccccc2)C(=O)C1=O. The summed E-state index contributed by atoms with van der Waals surface area (Å²) in [6.07, 6.45) is 0. The highest BCUT2D eigenvalue weighted by Crippen LogP contribution is 2.39. The van der Waals surface area contributed by atoms with Gasteiger partial charge in [0.15, 0.2) is 6.04 Å². The van der Waals surface area contributed by atoms with E-state index in [1.165, 1.54) is 17.0 Å². The van der Waals surface area contributed by atoms with Crippen LogP contribution in [0.4, 0.5) is 4.79 Å². The van der Waals surface area contributed by atoms with Crippen LogP contribution in [-0.2, 0) is 24.0 Å². The van der Waals surface area contributed by atoms with Crippen LogP contribution < -0.4 is 16.0 Å². The molecule has 5 amide bonds. The van der Waals surface area contributed by atoms with Crippen molar-refractivity contribution in [1.82, 2.24) is 25.8 Å². The van der Waals surface area contributed by atoms with Crippen LogP contribution in [0, 0.1) is 0 Å². The number of rotatable bonds is 8. The van der Waals surface area contributed by atoms with E-state index in [4.69, 9.17) is 0 Å². The van der Waals surface area contributed by atoms with Gasteiger partial charge in [-0.3, -0.25) is 29.4 Å². The number of aliphatic carboxylic acids is 2. The summed E-state index contributed by atoms with van der Waals surface area (Å²) in [5.41, 5.74) is 0.305. The lowest BCUT2D eigenvalue weighted by molar-refractivity contribution is -0.153. The first kappa shape index (κ1) is 27.9. The second-order valence-corrected chi connectivity index (χ2v) is 10.8. The molecule has 14 heteroatoms. The lowest BCUT2D eigenvalue weighted by Crippen LogP contribution is -2.60. The third kappa shape index (κ3) is 6.02. The number of carbonyl (C=O) groups is 6. The highest BCUT2D eigenvalue weighted by atomic mass is 32.2. The molecule has 0 spiro atoms. The summed E-state index contributed by atoms with van der Waals surface area (Å²) >= 11 is 1.06. The van der Waals surface area contributed by atoms with E-state index in [-0.39, 0.29) is 13.1 Å². The maximum atomic E-state index is 13.3. The van der Waals surface area contributed by atoms with Gasteiger partial charge in [-0.25, -0.2) is 9.59 Å². The largest absolute Gasteiger partial charge is 0.480 e. The fraction of sp³-hybridized carbons (Fsp3) is 0.478. The summed E-state index contributed by atoms with van der Waals surface area (Å²) in [4.78, 5) is 76.7. The Hall–Kier alpha value is -3.65. The molecule has 1 aromatic carbocycles. The molecule has 2 fully saturated rings. The van der Waals surface area contributed by atoms with Crippen molar-refractivity contribution in [3.05, 3.63) is 35.9 Å². The standard InChI is InChI=1S/C23H29N5O8S/c1-4-27-10-11-28(19(31)18(27)30)22(36)25-13(12-8-6-5-7-9-12)16(29)24-14(20(32)33)17-26-15(21(34)35)23(2,3)37-17/h5-9,13-15,17,26H,4,10-11H2,1-3H3,(H,24,29)(H,25,36)(H,32,33)(H,34,35)/t13-,14+,15+,17-/m1/s1. The van der Waals surface area contributed by atoms with E-state index < -0.39 is 63.9 Å². The Labute approximate surface area is 216 Å². The van der Waals surface area contributed by atoms with Crippen molar-refractivity contribution in [2.75, 3.05) is 19.6 Å². The number of imide groups is 1. The average molecular weight is 536 g/mol. The minimum absolute atomic E-state index is 0.0700. The Balaban J connectivity index is 1.82. The number of carboxylic acid groups (broad SMARTS) is 2. The summed E-state index contributed by atoms with van der Waals surface area (Å²) in [5.74, 6) is -5.33. The number of hydrogen-bond acceptors (Lipinski definition) is 8. The van der Waals surface area contributed by atoms with E-state index in [9.17, 15) is 39.0 Å². The highest BCUT2D eigenvalue weighted by Gasteiger charge is 2.50. The monoisotopic (exact) mass is 535 g/mol. The molecule has 2 saturated heterocycles. The third-order valence-corrected chi connectivity index (χ3v) is 7.67. The second kappa shape index (κ2) is 11.2. The van der Waals surface area contributed by atoms with Gasteiger partial charge in [-0.1, -0.05) is 30.3 Å². The number of hydrogen-bond donors (Lipinski definition) is 5. The van der Waals surface area contributed by atoms with Crippen LogP contribution in [-0.4, -0.2) is 97.5 Å². The van der Waals surface area contributed by atoms with Gasteiger partial charge in [-0.15, -0.1) is 11.8 Å². The van der Waals surface area contributed by atoms with Crippen molar-refractivity contribution >= 4 is 47.5 Å². The fourth-order valence-electron chi connectivity index (χ4n) is 4.15. The van der Waals surface area contributed by atoms with E-state index >= 15 is 0 Å². The van der Waals surface area contributed by atoms with E-state index in [1.54, 1.807) is 39.0 Å². The number of piperazine rings is 1. The fourth-order valence-corrected chi connectivity index (χ4v) is 5.63. The zero-order valence-corrected chi connectivity index (χ0v) is 21.3. The average Bonchev–Trinajstić information content (AvgIpc) is 3.17. The topological polar surface area (TPSA) is 185 Å². The van der Waals surface area contributed by atoms with Gasteiger partial charge in [0, 0.05) is 24.4 Å². The van der Waals surface area contributed by atoms with Gasteiger partial charge in [0.2, 0.25) is 5.91 Å². The van der Waals surface area contributed by atoms with Crippen molar-refractivity contribution in [2.45, 2.75) is 49.0 Å². The van der Waals surface area contributed by atoms with Crippen LogP contribution in [0.1, 0.15) is 32.4 Å². The van der Waals surface area contributed by atoms with Crippen molar-refractivity contribution in [1.29, 1.82) is 0 Å². The summed E-state index contributed by atoms with van der Waals surface area (Å²) < 4.78 is -0.866. The van der Waals surface area contributed by atoms with Crippen LogP contribution in [0.2, 0.25) is 0 Å². The number of nitrogens with zero attached hydrogens (tertiary/aromatic N) is 2. The van der Waals surface area contributed by atoms with Crippen LogP contribution in [0.3, 0.4) is 0 Å². The molecule has 13 nitrogen and oxygen atoms in total. The molecule has 0 radical (unpaired) electrons. The van der Waals surface area contributed by atoms with Crippen LogP contribution in [0.15, 0.2) is 30.3 Å². The Kier molecular flexibility index (Phi) is 8.43. The minimum atomic E-state index is -1.54. The molecule has 200 valence electrons. The van der Waals surface area contributed by atoms with Gasteiger partial charge >= 0.3 is 29.8 Å². The van der Waals surface area contributed by atoms with E-state index in [0.29, 0.717) is 17.0 Å². The van der Waals surface area contributed by atoms with Gasteiger partial charge < -0.3 is 25.7 Å². The zero-order valence-electron chi connectivity index (χ0n) is 20.5. The van der Waals surface area contributed by atoms with E-state index in [1.807, 2.05) is 0 Å². The molecule has 5 N–H and O–H groups in total. The molecular formula is C23H29N5O8S. The maximum absolute atomic E-state index is 13.3. The molecule has 1 aromatic rings. The molecular weight excluding hydrogens is 506 g/mol. The van der Waals surface area contributed by atoms with E-state index in [0.717, 1.165) is 11.8 Å². The number of likely N-dealkylation sites (N-methyl/N-ethyl adjacent to an activating group) is 1. The lowest BCUT2D eigenvalue weighted by Gasteiger charge is -2.33. The summed E-state index contributed by atoms with van der Waals surface area (Å²) in [6.45, 7) is 5.37. The van der Waals surface area contributed by atoms with Crippen LogP contribution in [0.25, 0.3) is 0 Å². The predicted octanol–water partition coefficient (Wildman–Crippen LogP) is -0.408. The number of thioether (sulfide) groups is 1. The van der Waals surface area contributed by atoms with Gasteiger partial charge in [-0.2, -0.15) is 0 Å². The number of amides is 5. The van der Waals surface area contributed by atoms with Crippen molar-refractivity contribution in [3.8, 4) is 0 Å². The normalized spacial score (nSPS) is 22.8. The molecule has 0 bridgehead atoms. The first-order chi connectivity index (χ1) is 17.4. The Morgan fingerprint density at radius 1 is 1.08 bits per heavy atom. The zero-order chi connectivity index (χ0) is 27.5. The molecule has 3 rings (SSSR count). The molecule has 37 heavy (non-hydrogen) atoms. The Bertz CT molecular complexity index is 1100. The third-order valence-electron chi connectivity index (χ3n) is 6.17. The maximum Gasteiger partial charge on any atom is 0.328 e. The number of benzene rings is 1. The quantitative estimate of drug-likeness (QED) is 0.274. The van der Waals surface area contributed by atoms with Crippen molar-refractivity contribution in [3.63, 3.8) is 0 Å². The summed E-state index contributed by atoms with van der Waals surface area (Å²) in [6, 6.07) is 2.99. The summed E-state index contributed by atoms with van der Waals surface area (Å²) in [7, 11) is 0. The number of nitrogens with one attached hydrogen (secondary N) is 3. The number of carboxylic acids is 2. The predicted molar refractivity (Wildman–Crippen MR) is 131 cm³/mol. The van der Waals surface area contributed by atoms with Crippen molar-refractivity contribution < 1.29 is 39.0 Å². The van der Waals surface area contributed by atoms with Gasteiger partial charge in [0.25, 0.3) is 0 Å². The molecule has 0 unspecified atom stereocenters. The van der Waals surface area contributed by atoms with Crippen molar-refractivity contribution in [2.24, 2.45) is 0 Å². The second-order valence-electron chi connectivity index (χ2n) is 9.04. The molecule has 0 saturated carbocycles. The minimum Gasteiger partial charge on any atom is -0.480 e. The number of carbonyl (C=O) groups excluding carboxylic acids is 4. The van der Waals surface area contributed by atoms with Crippen LogP contribution in [0.5, 0.6) is 0 Å².